The number of anilines is 1. The van der Waals surface area contributed by atoms with E-state index in [9.17, 15) is 0 Å². The predicted molar refractivity (Wildman–Crippen MR) is 74.3 cm³/mol. The second kappa shape index (κ2) is 4.20. The first-order valence-corrected chi connectivity index (χ1v) is 7.12. The summed E-state index contributed by atoms with van der Waals surface area (Å²) in [6, 6.07) is 5.44. The Morgan fingerprint density at radius 2 is 2.21 bits per heavy atom. The first-order valence-electron chi connectivity index (χ1n) is 7.12. The van der Waals surface area contributed by atoms with Crippen LogP contribution < -0.4 is 5.32 Å². The van der Waals surface area contributed by atoms with Crippen molar-refractivity contribution < 1.29 is 0 Å². The number of nitrogens with one attached hydrogen (secondary N) is 1. The van der Waals surface area contributed by atoms with E-state index in [0.29, 0.717) is 6.04 Å². The minimum absolute atomic E-state index is 0.498. The van der Waals surface area contributed by atoms with E-state index < -0.39 is 0 Å². The number of aryl methyl sites for hydroxylation is 1. The van der Waals surface area contributed by atoms with Crippen molar-refractivity contribution >= 4 is 11.6 Å². The lowest BCUT2D eigenvalue weighted by Gasteiger charge is -2.14. The molecule has 1 aliphatic heterocycles. The lowest BCUT2D eigenvalue weighted by molar-refractivity contribution is 0.326. The number of likely N-dealkylation sites (tertiary alicyclic amines) is 1. The molecule has 0 amide bonds. The van der Waals surface area contributed by atoms with Gasteiger partial charge < -0.3 is 5.32 Å². The Labute approximate surface area is 112 Å². The van der Waals surface area contributed by atoms with E-state index in [1.54, 1.807) is 0 Å². The van der Waals surface area contributed by atoms with Gasteiger partial charge in [0.2, 0.25) is 5.95 Å². The van der Waals surface area contributed by atoms with Gasteiger partial charge in [-0.05, 0) is 37.8 Å². The Kier molecular flexibility index (Phi) is 2.48. The molecule has 2 aromatic heterocycles. The van der Waals surface area contributed by atoms with Crippen LogP contribution in [0.1, 0.15) is 24.8 Å². The molecule has 19 heavy (non-hydrogen) atoms. The lowest BCUT2D eigenvalue weighted by atomic mass is 10.3. The van der Waals surface area contributed by atoms with Crippen LogP contribution >= 0.6 is 0 Å². The number of nitrogens with zero attached hydrogens (tertiary/aromatic N) is 4. The summed E-state index contributed by atoms with van der Waals surface area (Å²) in [6.07, 6.45) is 5.92. The molecule has 2 fully saturated rings. The fourth-order valence-corrected chi connectivity index (χ4v) is 2.96. The van der Waals surface area contributed by atoms with Crippen molar-refractivity contribution in [2.24, 2.45) is 0 Å². The van der Waals surface area contributed by atoms with Crippen molar-refractivity contribution in [2.45, 2.75) is 38.3 Å². The van der Waals surface area contributed by atoms with E-state index in [1.807, 2.05) is 16.8 Å². The Morgan fingerprint density at radius 3 is 3.00 bits per heavy atom. The van der Waals surface area contributed by atoms with E-state index in [-0.39, 0.29) is 0 Å². The van der Waals surface area contributed by atoms with Crippen LogP contribution in [0.15, 0.2) is 18.3 Å². The molecular formula is C14H19N5. The van der Waals surface area contributed by atoms with Crippen molar-refractivity contribution in [1.29, 1.82) is 0 Å². The first-order chi connectivity index (χ1) is 9.29. The van der Waals surface area contributed by atoms with E-state index in [1.165, 1.54) is 25.8 Å². The third-order valence-electron chi connectivity index (χ3n) is 4.17. The molecular weight excluding hydrogens is 238 g/mol. The summed E-state index contributed by atoms with van der Waals surface area (Å²) in [5.41, 5.74) is 2.11. The average Bonchev–Trinajstić information content (AvgIpc) is 3.00. The Balaban J connectivity index is 1.50. The standard InChI is InChI=1S/C14H19N5/c1-10-3-2-7-19-13(10)16-14(17-19)15-11-6-8-18(9-11)12-4-5-12/h2-3,7,11-12H,4-6,8-9H2,1H3,(H,15,17). The van der Waals surface area contributed by atoms with Gasteiger partial charge in [0.1, 0.15) is 0 Å². The van der Waals surface area contributed by atoms with Gasteiger partial charge in [0.15, 0.2) is 5.65 Å². The summed E-state index contributed by atoms with van der Waals surface area (Å²) < 4.78 is 1.85. The van der Waals surface area contributed by atoms with Gasteiger partial charge in [0.05, 0.1) is 0 Å². The van der Waals surface area contributed by atoms with Crippen LogP contribution in [0.4, 0.5) is 5.95 Å². The number of rotatable bonds is 3. The smallest absolute Gasteiger partial charge is 0.243 e. The van der Waals surface area contributed by atoms with Crippen LogP contribution in [0, 0.1) is 6.92 Å². The molecule has 1 N–H and O–H groups in total. The van der Waals surface area contributed by atoms with E-state index in [2.05, 4.69) is 33.3 Å². The maximum Gasteiger partial charge on any atom is 0.243 e. The summed E-state index contributed by atoms with van der Waals surface area (Å²) in [5, 5.41) is 7.98. The highest BCUT2D eigenvalue weighted by atomic mass is 15.4. The van der Waals surface area contributed by atoms with Gasteiger partial charge in [-0.3, -0.25) is 4.90 Å². The third-order valence-corrected chi connectivity index (χ3v) is 4.17. The summed E-state index contributed by atoms with van der Waals surface area (Å²) in [7, 11) is 0. The monoisotopic (exact) mass is 257 g/mol. The molecule has 1 atom stereocenters. The Bertz CT molecular complexity index is 601. The zero-order valence-corrected chi connectivity index (χ0v) is 11.2. The van der Waals surface area contributed by atoms with Crippen molar-refractivity contribution in [3.63, 3.8) is 0 Å². The zero-order valence-electron chi connectivity index (χ0n) is 11.2. The molecule has 1 unspecified atom stereocenters. The second-order valence-electron chi connectivity index (χ2n) is 5.75. The van der Waals surface area contributed by atoms with E-state index >= 15 is 0 Å². The molecule has 0 bridgehead atoms. The normalized spacial score (nSPS) is 24.2. The van der Waals surface area contributed by atoms with Crippen LogP contribution in [0.5, 0.6) is 0 Å². The van der Waals surface area contributed by atoms with Gasteiger partial charge in [-0.15, -0.1) is 5.10 Å². The summed E-state index contributed by atoms with van der Waals surface area (Å²) in [6.45, 7) is 4.42. The lowest BCUT2D eigenvalue weighted by Crippen LogP contribution is -2.28. The first kappa shape index (κ1) is 11.2. The molecule has 3 heterocycles. The van der Waals surface area contributed by atoms with Gasteiger partial charge in [-0.25, -0.2) is 4.52 Å². The quantitative estimate of drug-likeness (QED) is 0.909. The molecule has 0 spiro atoms. The van der Waals surface area contributed by atoms with Crippen molar-refractivity contribution in [3.8, 4) is 0 Å². The van der Waals surface area contributed by atoms with Gasteiger partial charge in [-0.1, -0.05) is 6.07 Å². The van der Waals surface area contributed by atoms with Crippen molar-refractivity contribution in [2.75, 3.05) is 18.4 Å². The molecule has 5 nitrogen and oxygen atoms in total. The molecule has 1 saturated carbocycles. The fourth-order valence-electron chi connectivity index (χ4n) is 2.96. The number of aromatic nitrogens is 3. The van der Waals surface area contributed by atoms with E-state index in [4.69, 9.17) is 0 Å². The van der Waals surface area contributed by atoms with Crippen LogP contribution in [0.25, 0.3) is 5.65 Å². The molecule has 1 aliphatic carbocycles. The maximum absolute atomic E-state index is 4.58. The zero-order chi connectivity index (χ0) is 12.8. The molecule has 0 aromatic carbocycles. The summed E-state index contributed by atoms with van der Waals surface area (Å²) >= 11 is 0. The van der Waals surface area contributed by atoms with Gasteiger partial charge in [0.25, 0.3) is 0 Å². The number of fused-ring (bicyclic) bond motifs is 1. The highest BCUT2D eigenvalue weighted by molar-refractivity contribution is 5.50. The Hall–Kier alpha value is -1.62. The third kappa shape index (κ3) is 2.08. The topological polar surface area (TPSA) is 45.5 Å². The number of hydrogen-bond donors (Lipinski definition) is 1. The number of hydrogen-bond acceptors (Lipinski definition) is 4. The molecule has 2 aliphatic rings. The average molecular weight is 257 g/mol. The van der Waals surface area contributed by atoms with Crippen LogP contribution in [-0.4, -0.2) is 44.7 Å². The molecule has 2 aromatic rings. The number of pyridine rings is 1. The summed E-state index contributed by atoms with van der Waals surface area (Å²) in [5.74, 6) is 0.761. The minimum Gasteiger partial charge on any atom is -0.349 e. The maximum atomic E-state index is 4.58. The molecule has 5 heteroatoms. The van der Waals surface area contributed by atoms with Crippen molar-refractivity contribution in [3.05, 3.63) is 23.9 Å². The highest BCUT2D eigenvalue weighted by Crippen LogP contribution is 2.30. The van der Waals surface area contributed by atoms with Gasteiger partial charge in [-0.2, -0.15) is 4.98 Å². The molecule has 1 saturated heterocycles. The minimum atomic E-state index is 0.498. The molecule has 4 rings (SSSR count). The van der Waals surface area contributed by atoms with Gasteiger partial charge in [0, 0.05) is 31.4 Å². The van der Waals surface area contributed by atoms with E-state index in [0.717, 1.165) is 29.7 Å². The highest BCUT2D eigenvalue weighted by Gasteiger charge is 2.34. The molecule has 0 radical (unpaired) electrons. The molecule has 100 valence electrons. The van der Waals surface area contributed by atoms with Crippen LogP contribution in [0.3, 0.4) is 0 Å². The van der Waals surface area contributed by atoms with Crippen LogP contribution in [0.2, 0.25) is 0 Å². The summed E-state index contributed by atoms with van der Waals surface area (Å²) in [4.78, 5) is 7.18. The van der Waals surface area contributed by atoms with Crippen LogP contribution in [-0.2, 0) is 0 Å². The van der Waals surface area contributed by atoms with Gasteiger partial charge >= 0.3 is 0 Å². The SMILES string of the molecule is Cc1cccn2nc(NC3CCN(C4CC4)C3)nc12. The Morgan fingerprint density at radius 1 is 1.32 bits per heavy atom. The van der Waals surface area contributed by atoms with Crippen molar-refractivity contribution in [1.82, 2.24) is 19.5 Å². The predicted octanol–water partition coefficient (Wildman–Crippen LogP) is 1.69. The second-order valence-corrected chi connectivity index (χ2v) is 5.75. The fraction of sp³-hybridized carbons (Fsp3) is 0.571. The largest absolute Gasteiger partial charge is 0.349 e.